The Labute approximate surface area is 221 Å². The normalized spacial score (nSPS) is 28.9. The Morgan fingerprint density at radius 1 is 1.31 bits per heavy atom. The zero-order valence-corrected chi connectivity index (χ0v) is 21.3. The fourth-order valence-electron chi connectivity index (χ4n) is 3.79. The number of aromatic nitrogens is 2. The monoisotopic (exact) mass is 565 g/mol. The Morgan fingerprint density at radius 2 is 2.05 bits per heavy atom. The number of nitrogens with one attached hydrogen (secondary N) is 2. The van der Waals surface area contributed by atoms with Crippen molar-refractivity contribution in [3.63, 3.8) is 0 Å². The fourth-order valence-corrected chi connectivity index (χ4v) is 4.41. The first-order valence-electron chi connectivity index (χ1n) is 11.6. The molecular formula is C23H26N4O11P-. The number of carbonyl (C=O) groups excluding carboxylic acids is 1. The van der Waals surface area contributed by atoms with E-state index in [4.69, 9.17) is 29.0 Å². The summed E-state index contributed by atoms with van der Waals surface area (Å²) in [5, 5.41) is 23.2. The van der Waals surface area contributed by atoms with Gasteiger partial charge in [0.25, 0.3) is 6.29 Å². The maximum absolute atomic E-state index is 12.3. The molecule has 0 bridgehead atoms. The summed E-state index contributed by atoms with van der Waals surface area (Å²) in [4.78, 5) is 41.2. The largest absolute Gasteiger partial charge is 0.746 e. The Morgan fingerprint density at radius 3 is 2.74 bits per heavy atom. The zero-order chi connectivity index (χ0) is 28.2. The van der Waals surface area contributed by atoms with E-state index in [1.807, 2.05) is 0 Å². The SMILES string of the molecule is CC(=O)N[C@@H]1C=C/C(=C/OP(=O)([O-])OC[C@H]2O[C@@H](c3cc(N)nc(=O)[nH]3)[C@H](O)[C@@H]2O)O[C@H]1Oc1ccccc1. The molecule has 6 N–H and O–H groups in total. The maximum Gasteiger partial charge on any atom is 0.347 e. The van der Waals surface area contributed by atoms with Crippen LogP contribution in [0, 0.1) is 0 Å². The summed E-state index contributed by atoms with van der Waals surface area (Å²) in [7, 11) is -5.00. The van der Waals surface area contributed by atoms with E-state index < -0.39 is 56.9 Å². The number of phosphoric acid groups is 1. The van der Waals surface area contributed by atoms with Crippen molar-refractivity contribution in [3.05, 3.63) is 76.7 Å². The molecule has 2 aliphatic rings. The maximum atomic E-state index is 12.3. The molecule has 1 amide bonds. The fraction of sp³-hybridized carbons (Fsp3) is 0.348. The molecule has 0 radical (unpaired) electrons. The molecule has 39 heavy (non-hydrogen) atoms. The summed E-state index contributed by atoms with van der Waals surface area (Å²) in [6.45, 7) is 0.607. The lowest BCUT2D eigenvalue weighted by atomic mass is 10.1. The van der Waals surface area contributed by atoms with Crippen LogP contribution >= 0.6 is 7.82 Å². The number of anilines is 1. The topological polar surface area (TPSA) is 228 Å². The summed E-state index contributed by atoms with van der Waals surface area (Å²) < 4.78 is 38.8. The number of nitrogen functional groups attached to an aromatic ring is 1. The molecule has 2 aliphatic heterocycles. The minimum Gasteiger partial charge on any atom is -0.746 e. The van der Waals surface area contributed by atoms with Gasteiger partial charge in [-0.3, -0.25) is 9.36 Å². The van der Waals surface area contributed by atoms with Crippen molar-refractivity contribution < 1.29 is 47.7 Å². The molecular weight excluding hydrogens is 539 g/mol. The first kappa shape index (κ1) is 28.3. The third-order valence-electron chi connectivity index (χ3n) is 5.53. The van der Waals surface area contributed by atoms with E-state index in [1.54, 1.807) is 30.3 Å². The molecule has 0 saturated carbocycles. The minimum absolute atomic E-state index is 0.0407. The smallest absolute Gasteiger partial charge is 0.347 e. The highest BCUT2D eigenvalue weighted by Crippen LogP contribution is 2.41. The summed E-state index contributed by atoms with van der Waals surface area (Å²) >= 11 is 0. The van der Waals surface area contributed by atoms with Crippen molar-refractivity contribution in [1.82, 2.24) is 15.3 Å². The van der Waals surface area contributed by atoms with Crippen LogP contribution in [0.3, 0.4) is 0 Å². The average molecular weight is 565 g/mol. The number of aromatic amines is 1. The lowest BCUT2D eigenvalue weighted by molar-refractivity contribution is -0.223. The summed E-state index contributed by atoms with van der Waals surface area (Å²) in [5.41, 5.74) is 4.78. The van der Waals surface area contributed by atoms with Crippen LogP contribution in [0.4, 0.5) is 5.82 Å². The van der Waals surface area contributed by atoms with E-state index in [9.17, 15) is 29.3 Å². The van der Waals surface area contributed by atoms with Gasteiger partial charge in [-0.1, -0.05) is 24.3 Å². The van der Waals surface area contributed by atoms with Gasteiger partial charge < -0.3 is 54.4 Å². The van der Waals surface area contributed by atoms with E-state index >= 15 is 0 Å². The highest BCUT2D eigenvalue weighted by atomic mass is 31.2. The predicted molar refractivity (Wildman–Crippen MR) is 130 cm³/mol. The second-order valence-corrected chi connectivity index (χ2v) is 9.88. The highest BCUT2D eigenvalue weighted by molar-refractivity contribution is 7.46. The van der Waals surface area contributed by atoms with E-state index in [0.717, 1.165) is 6.26 Å². The molecule has 1 aromatic carbocycles. The molecule has 7 atom stereocenters. The molecule has 0 aliphatic carbocycles. The van der Waals surface area contributed by atoms with E-state index in [1.165, 1.54) is 25.1 Å². The highest BCUT2D eigenvalue weighted by Gasteiger charge is 2.44. The first-order valence-corrected chi connectivity index (χ1v) is 13.0. The second kappa shape index (κ2) is 12.0. The van der Waals surface area contributed by atoms with Crippen LogP contribution in [0.25, 0.3) is 0 Å². The van der Waals surface area contributed by atoms with Gasteiger partial charge in [0.1, 0.15) is 48.3 Å². The molecule has 1 fully saturated rings. The standard InChI is InChI=1S/C23H27N4O11P/c1-12(28)25-15-8-7-14(37-22(15)36-13-5-3-2-4-6-13)10-34-39(32,33)35-11-17-19(29)20(30)21(38-17)16-9-18(24)27-23(31)26-16/h2-10,15,17,19-22,29-30H,11H2,1H3,(H,25,28)(H,32,33)(H3,24,26,27,31)/p-1/b14-10-/t15-,17-,19-,20-,21+,22-/m1/s1. The number of phosphoric ester groups is 1. The number of ether oxygens (including phenoxy) is 3. The van der Waals surface area contributed by atoms with Gasteiger partial charge in [0.15, 0.2) is 5.76 Å². The van der Waals surface area contributed by atoms with Crippen molar-refractivity contribution in [2.24, 2.45) is 0 Å². The first-order chi connectivity index (χ1) is 18.5. The number of rotatable bonds is 9. The van der Waals surface area contributed by atoms with Gasteiger partial charge in [-0.2, -0.15) is 4.98 Å². The Bertz CT molecular complexity index is 1330. The van der Waals surface area contributed by atoms with Gasteiger partial charge in [0, 0.05) is 13.0 Å². The van der Waals surface area contributed by atoms with Gasteiger partial charge in [-0.05, 0) is 18.2 Å². The quantitative estimate of drug-likeness (QED) is 0.188. The Hall–Kier alpha value is -3.72. The van der Waals surface area contributed by atoms with E-state index in [2.05, 4.69) is 15.3 Å². The number of aliphatic hydroxyl groups excluding tert-OH is 2. The lowest BCUT2D eigenvalue weighted by Gasteiger charge is -2.30. The van der Waals surface area contributed by atoms with Crippen LogP contribution in [0.15, 0.2) is 65.4 Å². The van der Waals surface area contributed by atoms with Crippen molar-refractivity contribution in [2.75, 3.05) is 12.3 Å². The summed E-state index contributed by atoms with van der Waals surface area (Å²) in [5.74, 6) is -0.0778. The van der Waals surface area contributed by atoms with Gasteiger partial charge in [-0.15, -0.1) is 0 Å². The third kappa shape index (κ3) is 7.44. The minimum atomic E-state index is -5.00. The number of benzene rings is 1. The number of nitrogens with zero attached hydrogens (tertiary/aromatic N) is 1. The summed E-state index contributed by atoms with van der Waals surface area (Å²) in [6, 6.07) is 9.18. The van der Waals surface area contributed by atoms with Crippen molar-refractivity contribution in [2.45, 2.75) is 43.7 Å². The Kier molecular flexibility index (Phi) is 8.70. The molecule has 15 nitrogen and oxygen atoms in total. The van der Waals surface area contributed by atoms with Gasteiger partial charge in [-0.25, -0.2) is 4.79 Å². The number of nitrogens with two attached hydrogens (primary N) is 1. The lowest BCUT2D eigenvalue weighted by Crippen LogP contribution is -2.46. The molecule has 1 saturated heterocycles. The number of allylic oxidation sites excluding steroid dienone is 1. The van der Waals surface area contributed by atoms with Crippen LogP contribution < -0.4 is 26.4 Å². The molecule has 4 rings (SSSR count). The van der Waals surface area contributed by atoms with Crippen molar-refractivity contribution >= 4 is 19.5 Å². The average Bonchev–Trinajstić information content (AvgIpc) is 3.16. The molecule has 1 unspecified atom stereocenters. The van der Waals surface area contributed by atoms with Crippen LogP contribution in [-0.2, 0) is 27.9 Å². The molecule has 16 heteroatoms. The Balaban J connectivity index is 1.37. The number of carbonyl (C=O) groups is 1. The summed E-state index contributed by atoms with van der Waals surface area (Å²) in [6.07, 6.45) is -2.97. The van der Waals surface area contributed by atoms with E-state index in [-0.39, 0.29) is 23.2 Å². The number of hydrogen-bond donors (Lipinski definition) is 5. The zero-order valence-electron chi connectivity index (χ0n) is 20.4. The van der Waals surface area contributed by atoms with Crippen LogP contribution in [0.5, 0.6) is 5.75 Å². The number of para-hydroxylation sites is 1. The molecule has 3 heterocycles. The number of H-pyrrole nitrogens is 1. The molecule has 0 spiro atoms. The number of hydrogen-bond acceptors (Lipinski definition) is 13. The third-order valence-corrected chi connectivity index (χ3v) is 6.36. The molecule has 2 aromatic rings. The number of amides is 1. The van der Waals surface area contributed by atoms with Crippen LogP contribution in [-0.4, -0.2) is 63.3 Å². The van der Waals surface area contributed by atoms with E-state index in [0.29, 0.717) is 5.75 Å². The van der Waals surface area contributed by atoms with Gasteiger partial charge >= 0.3 is 13.5 Å². The number of aliphatic hydroxyl groups is 2. The van der Waals surface area contributed by atoms with Gasteiger partial charge in [0.05, 0.1) is 12.3 Å². The van der Waals surface area contributed by atoms with Gasteiger partial charge in [0.2, 0.25) is 5.91 Å². The van der Waals surface area contributed by atoms with Crippen LogP contribution in [0.1, 0.15) is 18.7 Å². The molecule has 210 valence electrons. The second-order valence-electron chi connectivity index (χ2n) is 8.51. The molecule has 1 aromatic heterocycles. The van der Waals surface area contributed by atoms with Crippen LogP contribution in [0.2, 0.25) is 0 Å². The van der Waals surface area contributed by atoms with Crippen molar-refractivity contribution in [1.29, 1.82) is 0 Å². The van der Waals surface area contributed by atoms with Crippen molar-refractivity contribution in [3.8, 4) is 5.75 Å². The predicted octanol–water partition coefficient (Wildman–Crippen LogP) is -0.647.